The van der Waals surface area contributed by atoms with Gasteiger partial charge in [-0.1, -0.05) is 0 Å². The first kappa shape index (κ1) is 28.3. The highest BCUT2D eigenvalue weighted by atomic mass is 32.2. The number of benzene rings is 1. The molecule has 1 aliphatic rings. The van der Waals surface area contributed by atoms with Crippen molar-refractivity contribution in [3.63, 3.8) is 0 Å². The zero-order valence-electron chi connectivity index (χ0n) is 23.0. The lowest BCUT2D eigenvalue weighted by Crippen LogP contribution is -2.21. The Labute approximate surface area is 237 Å². The third kappa shape index (κ3) is 6.08. The van der Waals surface area contributed by atoms with Gasteiger partial charge >= 0.3 is 0 Å². The molecule has 1 aliphatic carbocycles. The quantitative estimate of drug-likeness (QED) is 0.188. The van der Waals surface area contributed by atoms with Crippen LogP contribution in [0.15, 0.2) is 35.4 Å². The second-order valence-corrected chi connectivity index (χ2v) is 13.3. The van der Waals surface area contributed by atoms with Gasteiger partial charge in [-0.05, 0) is 75.8 Å². The summed E-state index contributed by atoms with van der Waals surface area (Å²) in [7, 11) is -1.89. The lowest BCUT2D eigenvalue weighted by molar-refractivity contribution is 0.210. The molecule has 4 aromatic rings. The second-order valence-electron chi connectivity index (χ2n) is 10.3. The molecule has 0 saturated heterocycles. The molecule has 0 radical (unpaired) electrons. The number of hydrogen-bond acceptors (Lipinski definition) is 10. The third-order valence-corrected chi connectivity index (χ3v) is 10.1. The number of aryl methyl sites for hydroxylation is 3. The first-order valence-corrected chi connectivity index (χ1v) is 15.7. The average molecular weight is 585 g/mol. The monoisotopic (exact) mass is 584 g/mol. The number of halogens is 1. The summed E-state index contributed by atoms with van der Waals surface area (Å²) >= 11 is 1.57. The van der Waals surface area contributed by atoms with Crippen LogP contribution in [0.2, 0.25) is 0 Å². The second kappa shape index (κ2) is 11.7. The van der Waals surface area contributed by atoms with Crippen molar-refractivity contribution < 1.29 is 17.5 Å². The molecule has 0 spiro atoms. The van der Waals surface area contributed by atoms with E-state index in [2.05, 4.69) is 20.6 Å². The van der Waals surface area contributed by atoms with Gasteiger partial charge in [0, 0.05) is 25.9 Å². The van der Waals surface area contributed by atoms with Crippen LogP contribution in [0.25, 0.3) is 20.8 Å². The number of hydrogen-bond donors (Lipinski definition) is 2. The van der Waals surface area contributed by atoms with Crippen molar-refractivity contribution in [2.75, 3.05) is 36.6 Å². The Morgan fingerprint density at radius 2 is 1.93 bits per heavy atom. The van der Waals surface area contributed by atoms with Gasteiger partial charge in [-0.15, -0.1) is 11.3 Å². The van der Waals surface area contributed by atoms with E-state index in [1.807, 2.05) is 19.9 Å². The van der Waals surface area contributed by atoms with Crippen LogP contribution in [0.3, 0.4) is 0 Å². The Morgan fingerprint density at radius 1 is 1.10 bits per heavy atom. The molecule has 1 fully saturated rings. The Kier molecular flexibility index (Phi) is 8.29. The van der Waals surface area contributed by atoms with Gasteiger partial charge in [0.2, 0.25) is 5.95 Å². The van der Waals surface area contributed by atoms with E-state index in [4.69, 9.17) is 14.7 Å². The fourth-order valence-electron chi connectivity index (χ4n) is 5.13. The first-order chi connectivity index (χ1) is 19.1. The summed E-state index contributed by atoms with van der Waals surface area (Å²) < 4.78 is 46.1. The summed E-state index contributed by atoms with van der Waals surface area (Å²) in [5, 5.41) is 7.61. The third-order valence-electron chi connectivity index (χ3n) is 7.21. The van der Waals surface area contributed by atoms with Crippen LogP contribution in [-0.2, 0) is 14.6 Å². The minimum atomic E-state index is -3.53. The molecule has 0 aliphatic heterocycles. The van der Waals surface area contributed by atoms with Gasteiger partial charge < -0.3 is 15.4 Å². The number of nitrogens with one attached hydrogen (secondary N) is 2. The lowest BCUT2D eigenvalue weighted by Gasteiger charge is -2.18. The van der Waals surface area contributed by atoms with Crippen LogP contribution in [0.4, 0.5) is 16.2 Å². The number of sulfone groups is 1. The summed E-state index contributed by atoms with van der Waals surface area (Å²) in [4.78, 5) is 18.9. The largest absolute Gasteiger partial charge is 0.383 e. The molecule has 212 valence electrons. The van der Waals surface area contributed by atoms with E-state index >= 15 is 0 Å². The molecule has 5 rings (SSSR count). The lowest BCUT2D eigenvalue weighted by atomic mass is 10.1. The highest BCUT2D eigenvalue weighted by Gasteiger charge is 2.31. The fraction of sp³-hybridized carbons (Fsp3) is 0.429. The van der Waals surface area contributed by atoms with E-state index in [9.17, 15) is 12.8 Å². The highest BCUT2D eigenvalue weighted by Crippen LogP contribution is 2.38. The number of methoxy groups -OCH3 is 1. The maximum atomic E-state index is 13.7. The highest BCUT2D eigenvalue weighted by molar-refractivity contribution is 7.91. The van der Waals surface area contributed by atoms with Gasteiger partial charge in [0.25, 0.3) is 0 Å². The van der Waals surface area contributed by atoms with E-state index in [0.29, 0.717) is 36.9 Å². The van der Waals surface area contributed by atoms with Crippen LogP contribution < -0.4 is 10.6 Å². The molecule has 12 heteroatoms. The smallest absolute Gasteiger partial charge is 0.224 e. The van der Waals surface area contributed by atoms with Crippen molar-refractivity contribution in [3.8, 4) is 10.6 Å². The molecule has 40 heavy (non-hydrogen) atoms. The number of ether oxygens (including phenoxy) is 1. The summed E-state index contributed by atoms with van der Waals surface area (Å²) in [6.45, 7) is 6.54. The summed E-state index contributed by atoms with van der Waals surface area (Å²) in [6, 6.07) is 5.98. The number of nitrogens with zero attached hydrogens (tertiary/aromatic N) is 4. The Hall–Kier alpha value is -3.22. The van der Waals surface area contributed by atoms with Gasteiger partial charge in [-0.2, -0.15) is 4.98 Å². The Bertz CT molecular complexity index is 1640. The Balaban J connectivity index is 1.39. The number of anilines is 2. The van der Waals surface area contributed by atoms with Crippen molar-refractivity contribution in [2.45, 2.75) is 51.0 Å². The molecule has 2 atom stereocenters. The van der Waals surface area contributed by atoms with Crippen molar-refractivity contribution in [2.24, 2.45) is 5.92 Å². The number of thiazole rings is 1. The molecule has 3 aromatic heterocycles. The van der Waals surface area contributed by atoms with Crippen LogP contribution >= 0.6 is 11.3 Å². The van der Waals surface area contributed by atoms with Gasteiger partial charge in [-0.25, -0.2) is 22.8 Å². The summed E-state index contributed by atoms with van der Waals surface area (Å²) in [6.07, 6.45) is 4.03. The maximum Gasteiger partial charge on any atom is 0.224 e. The number of pyridine rings is 1. The molecule has 9 nitrogen and oxygen atoms in total. The number of rotatable bonds is 10. The number of fused-ring (bicyclic) bond motifs is 1. The van der Waals surface area contributed by atoms with Crippen molar-refractivity contribution in [1.82, 2.24) is 19.9 Å². The zero-order chi connectivity index (χ0) is 28.4. The molecule has 3 heterocycles. The van der Waals surface area contributed by atoms with Crippen LogP contribution in [-0.4, -0.2) is 60.4 Å². The van der Waals surface area contributed by atoms with Gasteiger partial charge in [0.05, 0.1) is 38.9 Å². The van der Waals surface area contributed by atoms with Crippen molar-refractivity contribution >= 4 is 43.2 Å². The van der Waals surface area contributed by atoms with E-state index < -0.39 is 15.7 Å². The molecule has 1 aromatic carbocycles. The summed E-state index contributed by atoms with van der Waals surface area (Å²) in [5.74, 6) is 0.758. The van der Waals surface area contributed by atoms with Gasteiger partial charge in [0.1, 0.15) is 22.2 Å². The van der Waals surface area contributed by atoms with Crippen LogP contribution in [0.5, 0.6) is 0 Å². The SMILES string of the molecule is COCCNc1nc(C)c(-c2nc3c(C)nccc3s2)c(NC2CCC(CS(=O)(=O)c3ccc(F)c(C)c3)C2)n1. The van der Waals surface area contributed by atoms with Crippen LogP contribution in [0.1, 0.15) is 36.2 Å². The maximum absolute atomic E-state index is 13.7. The minimum Gasteiger partial charge on any atom is -0.383 e. The molecule has 0 amide bonds. The topological polar surface area (TPSA) is 119 Å². The predicted molar refractivity (Wildman–Crippen MR) is 156 cm³/mol. The Morgan fingerprint density at radius 3 is 2.67 bits per heavy atom. The number of aromatic nitrogens is 4. The van der Waals surface area contributed by atoms with Gasteiger partial charge in [0.15, 0.2) is 9.84 Å². The molecule has 0 bridgehead atoms. The minimum absolute atomic E-state index is 0.0188. The normalized spacial score (nSPS) is 17.4. The van der Waals surface area contributed by atoms with E-state index in [-0.39, 0.29) is 22.6 Å². The van der Waals surface area contributed by atoms with Crippen LogP contribution in [0, 0.1) is 32.5 Å². The van der Waals surface area contributed by atoms with E-state index in [0.717, 1.165) is 45.0 Å². The molecule has 2 unspecified atom stereocenters. The first-order valence-electron chi connectivity index (χ1n) is 13.2. The molecule has 2 N–H and O–H groups in total. The van der Waals surface area contributed by atoms with E-state index in [1.165, 1.54) is 18.2 Å². The molecular weight excluding hydrogens is 551 g/mol. The molecule has 1 saturated carbocycles. The standard InChI is InChI=1S/C28H33FN6O3S2/c1-16-13-21(7-8-22(16)29)40(36,37)15-19-5-6-20(14-19)33-26-24(17(2)32-28(35-26)31-11-12-38-4)27-34-25-18(3)30-10-9-23(25)39-27/h7-10,13,19-20H,5-6,11-12,14-15H2,1-4H3,(H2,31,32,33,35). The summed E-state index contributed by atoms with van der Waals surface area (Å²) in [5.41, 5.74) is 3.66. The van der Waals surface area contributed by atoms with Crippen molar-refractivity contribution in [3.05, 3.63) is 53.2 Å². The average Bonchev–Trinajstić information content (AvgIpc) is 3.52. The van der Waals surface area contributed by atoms with Crippen molar-refractivity contribution in [1.29, 1.82) is 0 Å². The fourth-order valence-corrected chi connectivity index (χ4v) is 7.99. The predicted octanol–water partition coefficient (Wildman–Crippen LogP) is 5.33. The molecular formula is C28H33FN6O3S2. The van der Waals surface area contributed by atoms with Gasteiger partial charge in [-0.3, -0.25) is 4.98 Å². The van der Waals surface area contributed by atoms with E-state index in [1.54, 1.807) is 31.6 Å². The zero-order valence-corrected chi connectivity index (χ0v) is 24.6.